The fourth-order valence-corrected chi connectivity index (χ4v) is 3.29. The Kier molecular flexibility index (Phi) is 7.19. The van der Waals surface area contributed by atoms with Gasteiger partial charge in [0.1, 0.15) is 5.56 Å². The summed E-state index contributed by atoms with van der Waals surface area (Å²) in [4.78, 5) is 35.5. The standard InChI is InChI=1S/C19H26N2O7/c1-11-7-5-6-8-14(11)20-18(22)12(2)28-19(23)13-9-16(26-3)17(27-4)10-15(13)21(24)25/h9-12,14H,5-8H2,1-4H3,(H,20,22)/t11-,12-,14-/m0/s1. The second-order valence-corrected chi connectivity index (χ2v) is 6.91. The lowest BCUT2D eigenvalue weighted by atomic mass is 9.86. The number of carbonyl (C=O) groups is 2. The van der Waals surface area contributed by atoms with Crippen LogP contribution in [0.1, 0.15) is 49.9 Å². The Morgan fingerprint density at radius 1 is 1.18 bits per heavy atom. The molecule has 1 saturated carbocycles. The van der Waals surface area contributed by atoms with E-state index in [0.717, 1.165) is 31.7 Å². The van der Waals surface area contributed by atoms with Gasteiger partial charge < -0.3 is 19.5 Å². The Balaban J connectivity index is 2.14. The van der Waals surface area contributed by atoms with Crippen LogP contribution in [0, 0.1) is 16.0 Å². The molecule has 1 aliphatic rings. The van der Waals surface area contributed by atoms with Gasteiger partial charge in [0, 0.05) is 12.1 Å². The molecule has 2 rings (SSSR count). The number of amides is 1. The molecule has 1 amide bonds. The third-order valence-electron chi connectivity index (χ3n) is 5.01. The highest BCUT2D eigenvalue weighted by molar-refractivity contribution is 5.96. The SMILES string of the molecule is COc1cc(C(=O)O[C@@H](C)C(=O)N[C@H]2CCCC[C@@H]2C)c([N+](=O)[O-])cc1OC. The number of rotatable bonds is 7. The Bertz CT molecular complexity index is 750. The van der Waals surface area contributed by atoms with Crippen LogP contribution in [-0.4, -0.2) is 43.2 Å². The molecule has 0 aliphatic heterocycles. The van der Waals surface area contributed by atoms with Gasteiger partial charge in [0.2, 0.25) is 0 Å². The molecule has 154 valence electrons. The number of hydrogen-bond donors (Lipinski definition) is 1. The summed E-state index contributed by atoms with van der Waals surface area (Å²) in [6, 6.07) is 2.30. The molecule has 0 saturated heterocycles. The summed E-state index contributed by atoms with van der Waals surface area (Å²) in [6.45, 7) is 3.51. The molecule has 0 radical (unpaired) electrons. The molecule has 0 bridgehead atoms. The number of hydrogen-bond acceptors (Lipinski definition) is 7. The van der Waals surface area contributed by atoms with Crippen molar-refractivity contribution in [2.75, 3.05) is 14.2 Å². The van der Waals surface area contributed by atoms with Crippen molar-refractivity contribution in [3.63, 3.8) is 0 Å². The summed E-state index contributed by atoms with van der Waals surface area (Å²) in [7, 11) is 2.68. The summed E-state index contributed by atoms with van der Waals surface area (Å²) in [5.74, 6) is -0.786. The second kappa shape index (κ2) is 9.38. The molecule has 1 aliphatic carbocycles. The predicted octanol–water partition coefficient (Wildman–Crippen LogP) is 2.85. The number of ether oxygens (including phenoxy) is 3. The van der Waals surface area contributed by atoms with E-state index in [-0.39, 0.29) is 23.1 Å². The molecule has 1 aromatic rings. The number of nitrogens with zero attached hydrogens (tertiary/aromatic N) is 1. The molecule has 1 N–H and O–H groups in total. The summed E-state index contributed by atoms with van der Waals surface area (Å²) < 4.78 is 15.3. The van der Waals surface area contributed by atoms with Crippen LogP contribution in [0.3, 0.4) is 0 Å². The number of benzene rings is 1. The Morgan fingerprint density at radius 3 is 2.36 bits per heavy atom. The summed E-state index contributed by atoms with van der Waals surface area (Å²) >= 11 is 0. The van der Waals surface area contributed by atoms with Gasteiger partial charge >= 0.3 is 5.97 Å². The van der Waals surface area contributed by atoms with E-state index in [2.05, 4.69) is 12.2 Å². The normalized spacial score (nSPS) is 20.0. The minimum absolute atomic E-state index is 0.0396. The highest BCUT2D eigenvalue weighted by Crippen LogP contribution is 2.35. The van der Waals surface area contributed by atoms with E-state index in [0.29, 0.717) is 5.92 Å². The van der Waals surface area contributed by atoms with E-state index in [1.807, 2.05) is 0 Å². The zero-order valence-electron chi connectivity index (χ0n) is 16.5. The third-order valence-corrected chi connectivity index (χ3v) is 5.01. The molecule has 0 spiro atoms. The van der Waals surface area contributed by atoms with Gasteiger partial charge in [0.25, 0.3) is 11.6 Å². The van der Waals surface area contributed by atoms with Crippen molar-refractivity contribution in [2.24, 2.45) is 5.92 Å². The highest BCUT2D eigenvalue weighted by Gasteiger charge is 2.30. The molecule has 0 unspecified atom stereocenters. The van der Waals surface area contributed by atoms with Crippen LogP contribution >= 0.6 is 0 Å². The van der Waals surface area contributed by atoms with Crippen molar-refractivity contribution in [1.82, 2.24) is 5.32 Å². The minimum atomic E-state index is -1.09. The number of nitro benzene ring substituents is 1. The van der Waals surface area contributed by atoms with E-state index in [1.54, 1.807) is 0 Å². The van der Waals surface area contributed by atoms with E-state index in [9.17, 15) is 19.7 Å². The first kappa shape index (κ1) is 21.5. The fourth-order valence-electron chi connectivity index (χ4n) is 3.29. The van der Waals surface area contributed by atoms with E-state index >= 15 is 0 Å². The van der Waals surface area contributed by atoms with Gasteiger partial charge in [-0.3, -0.25) is 14.9 Å². The lowest BCUT2D eigenvalue weighted by Gasteiger charge is -2.30. The molecule has 9 nitrogen and oxygen atoms in total. The Morgan fingerprint density at radius 2 is 1.79 bits per heavy atom. The summed E-state index contributed by atoms with van der Waals surface area (Å²) in [5.41, 5.74) is -0.801. The number of carbonyl (C=O) groups excluding carboxylic acids is 2. The van der Waals surface area contributed by atoms with Crippen LogP contribution in [-0.2, 0) is 9.53 Å². The molecule has 0 heterocycles. The monoisotopic (exact) mass is 394 g/mol. The molecule has 3 atom stereocenters. The predicted molar refractivity (Wildman–Crippen MR) is 101 cm³/mol. The van der Waals surface area contributed by atoms with Gasteiger partial charge in [-0.25, -0.2) is 4.79 Å². The van der Waals surface area contributed by atoms with Crippen molar-refractivity contribution in [3.05, 3.63) is 27.8 Å². The number of esters is 1. The Labute approximate surface area is 163 Å². The lowest BCUT2D eigenvalue weighted by Crippen LogP contribution is -2.46. The average molecular weight is 394 g/mol. The fraction of sp³-hybridized carbons (Fsp3) is 0.579. The third kappa shape index (κ3) is 4.90. The van der Waals surface area contributed by atoms with Gasteiger partial charge in [0.15, 0.2) is 17.6 Å². The van der Waals surface area contributed by atoms with Crippen LogP contribution in [0.25, 0.3) is 0 Å². The quantitative estimate of drug-likeness (QED) is 0.429. The van der Waals surface area contributed by atoms with Gasteiger partial charge in [-0.1, -0.05) is 19.8 Å². The smallest absolute Gasteiger partial charge is 0.346 e. The topological polar surface area (TPSA) is 117 Å². The summed E-state index contributed by atoms with van der Waals surface area (Å²) in [5, 5.41) is 14.2. The number of nitro groups is 1. The first-order valence-electron chi connectivity index (χ1n) is 9.20. The maximum Gasteiger partial charge on any atom is 0.346 e. The van der Waals surface area contributed by atoms with Crippen molar-refractivity contribution >= 4 is 17.6 Å². The molecular weight excluding hydrogens is 368 g/mol. The van der Waals surface area contributed by atoms with Crippen LogP contribution in [0.4, 0.5) is 5.69 Å². The lowest BCUT2D eigenvalue weighted by molar-refractivity contribution is -0.385. The van der Waals surface area contributed by atoms with Crippen LogP contribution in [0.2, 0.25) is 0 Å². The first-order chi connectivity index (χ1) is 13.3. The minimum Gasteiger partial charge on any atom is -0.493 e. The zero-order valence-corrected chi connectivity index (χ0v) is 16.5. The van der Waals surface area contributed by atoms with E-state index < -0.39 is 28.6 Å². The summed E-state index contributed by atoms with van der Waals surface area (Å²) in [6.07, 6.45) is 3.02. The van der Waals surface area contributed by atoms with Crippen LogP contribution in [0.5, 0.6) is 11.5 Å². The number of nitrogens with one attached hydrogen (secondary N) is 1. The largest absolute Gasteiger partial charge is 0.493 e. The van der Waals surface area contributed by atoms with Gasteiger partial charge in [0.05, 0.1) is 25.2 Å². The van der Waals surface area contributed by atoms with Crippen molar-refractivity contribution in [3.8, 4) is 11.5 Å². The number of methoxy groups -OCH3 is 2. The highest BCUT2D eigenvalue weighted by atomic mass is 16.6. The zero-order chi connectivity index (χ0) is 20.8. The van der Waals surface area contributed by atoms with Crippen molar-refractivity contribution in [1.29, 1.82) is 0 Å². The van der Waals surface area contributed by atoms with Crippen molar-refractivity contribution < 1.29 is 28.7 Å². The Hall–Kier alpha value is -2.84. The van der Waals surface area contributed by atoms with Crippen molar-refractivity contribution in [2.45, 2.75) is 51.7 Å². The molecule has 1 fully saturated rings. The van der Waals surface area contributed by atoms with E-state index in [1.165, 1.54) is 27.2 Å². The molecular formula is C19H26N2O7. The van der Waals surface area contributed by atoms with Crippen LogP contribution in [0.15, 0.2) is 12.1 Å². The first-order valence-corrected chi connectivity index (χ1v) is 9.20. The van der Waals surface area contributed by atoms with Gasteiger partial charge in [-0.15, -0.1) is 0 Å². The van der Waals surface area contributed by atoms with Crippen LogP contribution < -0.4 is 14.8 Å². The molecule has 9 heteroatoms. The van der Waals surface area contributed by atoms with E-state index in [4.69, 9.17) is 14.2 Å². The van der Waals surface area contributed by atoms with Gasteiger partial charge in [-0.05, 0) is 25.7 Å². The maximum absolute atomic E-state index is 12.5. The average Bonchev–Trinajstić information content (AvgIpc) is 2.68. The molecule has 28 heavy (non-hydrogen) atoms. The second-order valence-electron chi connectivity index (χ2n) is 6.91. The maximum atomic E-state index is 12.5. The van der Waals surface area contributed by atoms with Gasteiger partial charge in [-0.2, -0.15) is 0 Å². The molecule has 1 aromatic carbocycles. The molecule has 0 aromatic heterocycles.